The van der Waals surface area contributed by atoms with Crippen LogP contribution in [-0.2, 0) is 14.3 Å². The Bertz CT molecular complexity index is 811. The van der Waals surface area contributed by atoms with Crippen LogP contribution >= 0.6 is 11.8 Å². The number of benzene rings is 1. The predicted molar refractivity (Wildman–Crippen MR) is 112 cm³/mol. The average Bonchev–Trinajstić information content (AvgIpc) is 3.09. The summed E-state index contributed by atoms with van der Waals surface area (Å²) < 4.78 is 4.48. The van der Waals surface area contributed by atoms with Gasteiger partial charge in [-0.25, -0.2) is 0 Å². The minimum atomic E-state index is -0.681. The molecule has 29 heavy (non-hydrogen) atoms. The summed E-state index contributed by atoms with van der Waals surface area (Å²) in [6.45, 7) is 8.49. The molecule has 158 valence electrons. The molecule has 1 aromatic rings. The molecule has 1 saturated heterocycles. The molecule has 0 aliphatic carbocycles. The van der Waals surface area contributed by atoms with E-state index >= 15 is 0 Å². The van der Waals surface area contributed by atoms with Gasteiger partial charge in [-0.15, -0.1) is 11.8 Å². The molecule has 8 heteroatoms. The van der Waals surface area contributed by atoms with Crippen LogP contribution < -0.4 is 10.6 Å². The van der Waals surface area contributed by atoms with Gasteiger partial charge in [0.15, 0.2) is 0 Å². The highest BCUT2D eigenvalue weighted by Gasteiger charge is 2.57. The van der Waals surface area contributed by atoms with Gasteiger partial charge in [-0.05, 0) is 31.4 Å². The second-order valence-electron chi connectivity index (χ2n) is 8.29. The molecule has 0 radical (unpaired) electrons. The van der Waals surface area contributed by atoms with Crippen LogP contribution in [0, 0.1) is 5.92 Å². The number of rotatable bonds is 7. The lowest BCUT2D eigenvalue weighted by molar-refractivity contribution is -0.132. The van der Waals surface area contributed by atoms with Crippen LogP contribution in [0.2, 0.25) is 0 Å². The van der Waals surface area contributed by atoms with Gasteiger partial charge in [-0.2, -0.15) is 0 Å². The van der Waals surface area contributed by atoms with Crippen LogP contribution in [0.3, 0.4) is 0 Å². The summed E-state index contributed by atoms with van der Waals surface area (Å²) in [4.78, 5) is 40.6. The molecule has 0 saturated carbocycles. The fourth-order valence-electron chi connectivity index (χ4n) is 3.96. The van der Waals surface area contributed by atoms with Gasteiger partial charge in [0.05, 0.1) is 6.61 Å². The molecule has 2 heterocycles. The second kappa shape index (κ2) is 8.36. The molecule has 1 fully saturated rings. The average molecular weight is 420 g/mol. The number of ether oxygens (including phenoxy) is 1. The Kier molecular flexibility index (Phi) is 6.24. The third-order valence-electron chi connectivity index (χ3n) is 5.40. The highest BCUT2D eigenvalue weighted by Crippen LogP contribution is 2.56. The van der Waals surface area contributed by atoms with Gasteiger partial charge in [0.2, 0.25) is 11.8 Å². The van der Waals surface area contributed by atoms with Crippen molar-refractivity contribution in [2.45, 2.75) is 49.9 Å². The van der Waals surface area contributed by atoms with Gasteiger partial charge >= 0.3 is 0 Å². The third kappa shape index (κ3) is 4.00. The van der Waals surface area contributed by atoms with Crippen LogP contribution in [0.4, 0.5) is 0 Å². The van der Waals surface area contributed by atoms with Gasteiger partial charge in [0.25, 0.3) is 5.91 Å². The Morgan fingerprint density at radius 3 is 2.62 bits per heavy atom. The molecule has 0 aromatic heterocycles. The lowest BCUT2D eigenvalue weighted by atomic mass is 9.98. The van der Waals surface area contributed by atoms with E-state index in [1.54, 1.807) is 29.8 Å². The maximum atomic E-state index is 13.3. The Hall–Kier alpha value is -2.06. The molecule has 2 aliphatic heterocycles. The lowest BCUT2D eigenvalue weighted by Crippen LogP contribution is -2.58. The summed E-state index contributed by atoms with van der Waals surface area (Å²) in [5, 5.41) is 5.51. The fourth-order valence-corrected chi connectivity index (χ4v) is 5.55. The molecular formula is C21H29N3O4S. The number of fused-ring (bicyclic) bond motifs is 3. The summed E-state index contributed by atoms with van der Waals surface area (Å²) in [6.07, 6.45) is 0. The predicted octanol–water partition coefficient (Wildman–Crippen LogP) is 1.94. The van der Waals surface area contributed by atoms with Crippen LogP contribution in [0.15, 0.2) is 24.3 Å². The molecule has 1 unspecified atom stereocenters. The van der Waals surface area contributed by atoms with Gasteiger partial charge in [0, 0.05) is 24.0 Å². The first-order valence-corrected chi connectivity index (χ1v) is 10.7. The van der Waals surface area contributed by atoms with Crippen LogP contribution in [-0.4, -0.2) is 59.7 Å². The quantitative estimate of drug-likeness (QED) is 0.660. The SMILES string of the molecule is COCCNC(=O)[C@@H](NC(=O)[C@H]1N2C(=O)c3ccccc3C2SC1(C)C)C(C)C. The third-order valence-corrected chi connectivity index (χ3v) is 6.93. The van der Waals surface area contributed by atoms with Crippen LogP contribution in [0.1, 0.15) is 49.0 Å². The standard InChI is InChI=1S/C21H29N3O4S/c1-12(2)15(17(25)22-10-11-28-5)23-18(26)16-21(3,4)29-20-14-9-7-6-8-13(14)19(27)24(16)20/h6-9,12,15-16,20H,10-11H2,1-5H3,(H,22,25)(H,23,26)/t15-,16+,20?/m0/s1. The van der Waals surface area contributed by atoms with Gasteiger partial charge in [-0.1, -0.05) is 32.0 Å². The number of methoxy groups -OCH3 is 1. The maximum absolute atomic E-state index is 13.3. The number of nitrogens with zero attached hydrogens (tertiary/aromatic N) is 1. The van der Waals surface area contributed by atoms with Crippen molar-refractivity contribution < 1.29 is 19.1 Å². The van der Waals surface area contributed by atoms with Crippen molar-refractivity contribution in [3.05, 3.63) is 35.4 Å². The molecule has 7 nitrogen and oxygen atoms in total. The fraction of sp³-hybridized carbons (Fsp3) is 0.571. The van der Waals surface area contributed by atoms with Gasteiger partial charge < -0.3 is 20.3 Å². The van der Waals surface area contributed by atoms with E-state index in [9.17, 15) is 14.4 Å². The van der Waals surface area contributed by atoms with Gasteiger partial charge in [0.1, 0.15) is 17.5 Å². The molecule has 2 N–H and O–H groups in total. The van der Waals surface area contributed by atoms with Crippen molar-refractivity contribution in [2.24, 2.45) is 5.92 Å². The van der Waals surface area contributed by atoms with E-state index < -0.39 is 16.8 Å². The van der Waals surface area contributed by atoms with E-state index in [0.717, 1.165) is 5.56 Å². The maximum Gasteiger partial charge on any atom is 0.256 e. The first kappa shape index (κ1) is 21.6. The lowest BCUT2D eigenvalue weighted by Gasteiger charge is -2.32. The Morgan fingerprint density at radius 2 is 1.97 bits per heavy atom. The minimum Gasteiger partial charge on any atom is -0.383 e. The Morgan fingerprint density at radius 1 is 1.28 bits per heavy atom. The summed E-state index contributed by atoms with van der Waals surface area (Å²) in [5.74, 6) is -0.774. The first-order chi connectivity index (χ1) is 13.7. The minimum absolute atomic E-state index is 0.0964. The van der Waals surface area contributed by atoms with E-state index in [4.69, 9.17) is 4.74 Å². The van der Waals surface area contributed by atoms with E-state index in [2.05, 4.69) is 10.6 Å². The zero-order valence-corrected chi connectivity index (χ0v) is 18.3. The topological polar surface area (TPSA) is 87.7 Å². The number of thioether (sulfide) groups is 1. The number of carbonyl (C=O) groups excluding carboxylic acids is 3. The highest BCUT2D eigenvalue weighted by atomic mass is 32.2. The van der Waals surface area contributed by atoms with Crippen molar-refractivity contribution in [3.8, 4) is 0 Å². The molecule has 3 atom stereocenters. The largest absolute Gasteiger partial charge is 0.383 e. The summed E-state index contributed by atoms with van der Waals surface area (Å²) >= 11 is 1.61. The summed E-state index contributed by atoms with van der Waals surface area (Å²) in [7, 11) is 1.56. The number of nitrogens with one attached hydrogen (secondary N) is 2. The smallest absolute Gasteiger partial charge is 0.256 e. The van der Waals surface area contributed by atoms with Crippen LogP contribution in [0.25, 0.3) is 0 Å². The number of hydrogen-bond acceptors (Lipinski definition) is 5. The summed E-state index contributed by atoms with van der Waals surface area (Å²) in [6, 6.07) is 6.16. The second-order valence-corrected chi connectivity index (χ2v) is 10.0. The summed E-state index contributed by atoms with van der Waals surface area (Å²) in [5.41, 5.74) is 1.60. The molecule has 2 aliphatic rings. The van der Waals surface area contributed by atoms with Crippen LogP contribution in [0.5, 0.6) is 0 Å². The molecule has 0 bridgehead atoms. The Labute approximate surface area is 175 Å². The zero-order valence-electron chi connectivity index (χ0n) is 17.5. The zero-order chi connectivity index (χ0) is 21.3. The van der Waals surface area contributed by atoms with Crippen molar-refractivity contribution in [1.82, 2.24) is 15.5 Å². The molecule has 3 amide bonds. The highest BCUT2D eigenvalue weighted by molar-refractivity contribution is 8.01. The van der Waals surface area contributed by atoms with Crippen molar-refractivity contribution >= 4 is 29.5 Å². The van der Waals surface area contributed by atoms with Crippen molar-refractivity contribution in [2.75, 3.05) is 20.3 Å². The Balaban J connectivity index is 1.80. The molecule has 3 rings (SSSR count). The van der Waals surface area contributed by atoms with Crippen molar-refractivity contribution in [3.63, 3.8) is 0 Å². The van der Waals surface area contributed by atoms with E-state index in [1.165, 1.54) is 0 Å². The first-order valence-electron chi connectivity index (χ1n) is 9.85. The number of hydrogen-bond donors (Lipinski definition) is 2. The van der Waals surface area contributed by atoms with E-state index in [0.29, 0.717) is 18.7 Å². The number of carbonyl (C=O) groups is 3. The normalized spacial score (nSPS) is 23.0. The molecular weight excluding hydrogens is 390 g/mol. The van der Waals surface area contributed by atoms with Crippen molar-refractivity contribution in [1.29, 1.82) is 0 Å². The van der Waals surface area contributed by atoms with E-state index in [-0.39, 0.29) is 29.0 Å². The number of amides is 3. The van der Waals surface area contributed by atoms with Gasteiger partial charge in [-0.3, -0.25) is 14.4 Å². The van der Waals surface area contributed by atoms with E-state index in [1.807, 2.05) is 45.9 Å². The monoisotopic (exact) mass is 419 g/mol. The molecule has 0 spiro atoms. The molecule has 1 aromatic carbocycles.